The zero-order valence-electron chi connectivity index (χ0n) is 5.79. The molecule has 52 valence electrons. The molecule has 1 atom stereocenters. The van der Waals surface area contributed by atoms with Crippen LogP contribution in [-0.2, 0) is 0 Å². The second kappa shape index (κ2) is 3.22. The zero-order chi connectivity index (χ0) is 6.69. The van der Waals surface area contributed by atoms with Crippen LogP contribution in [0.3, 0.4) is 0 Å². The summed E-state index contributed by atoms with van der Waals surface area (Å²) in [5.41, 5.74) is 1.93. The van der Waals surface area contributed by atoms with Gasteiger partial charge in [0.25, 0.3) is 0 Å². The quantitative estimate of drug-likeness (QED) is 0.599. The van der Waals surface area contributed by atoms with E-state index in [1.54, 1.807) is 11.8 Å². The van der Waals surface area contributed by atoms with Crippen molar-refractivity contribution in [2.75, 3.05) is 6.67 Å². The van der Waals surface area contributed by atoms with Crippen LogP contribution in [0.2, 0.25) is 0 Å². The predicted molar refractivity (Wildman–Crippen MR) is 42.7 cm³/mol. The fraction of sp³-hybridized carbons (Fsp3) is 0.833. The first-order chi connectivity index (χ1) is 4.30. The minimum Gasteiger partial charge on any atom is -0.286 e. The van der Waals surface area contributed by atoms with Gasteiger partial charge in [0.05, 0.1) is 17.6 Å². The standard InChI is InChI=1S/C6H12N2S/c1-5(2)6-8-3-7-4-9-6/h4-6,8H,3H2,1-2H3. The lowest BCUT2D eigenvalue weighted by Gasteiger charge is -2.21. The molecular formula is C6H12N2S. The van der Waals surface area contributed by atoms with Gasteiger partial charge in [0.15, 0.2) is 0 Å². The molecule has 0 aromatic carbocycles. The van der Waals surface area contributed by atoms with Crippen LogP contribution in [0.4, 0.5) is 0 Å². The van der Waals surface area contributed by atoms with Crippen molar-refractivity contribution in [2.45, 2.75) is 19.2 Å². The molecule has 0 spiro atoms. The molecule has 1 rings (SSSR count). The van der Waals surface area contributed by atoms with E-state index in [1.807, 2.05) is 5.55 Å². The van der Waals surface area contributed by atoms with E-state index in [-0.39, 0.29) is 0 Å². The summed E-state index contributed by atoms with van der Waals surface area (Å²) in [6, 6.07) is 0. The molecule has 0 fully saturated rings. The number of nitrogens with zero attached hydrogens (tertiary/aromatic N) is 1. The monoisotopic (exact) mass is 144 g/mol. The Morgan fingerprint density at radius 3 is 2.89 bits per heavy atom. The zero-order valence-corrected chi connectivity index (χ0v) is 6.61. The molecule has 9 heavy (non-hydrogen) atoms. The van der Waals surface area contributed by atoms with Crippen LogP contribution in [0, 0.1) is 5.92 Å². The van der Waals surface area contributed by atoms with Gasteiger partial charge in [-0.25, -0.2) is 0 Å². The van der Waals surface area contributed by atoms with Crippen LogP contribution < -0.4 is 5.32 Å². The number of rotatable bonds is 1. The fourth-order valence-corrected chi connectivity index (χ4v) is 1.51. The Morgan fingerprint density at radius 2 is 2.56 bits per heavy atom. The molecule has 3 heteroatoms. The Balaban J connectivity index is 2.35. The highest BCUT2D eigenvalue weighted by atomic mass is 32.2. The Morgan fingerprint density at radius 1 is 1.78 bits per heavy atom. The van der Waals surface area contributed by atoms with Crippen LogP contribution in [0.25, 0.3) is 0 Å². The lowest BCUT2D eigenvalue weighted by Crippen LogP contribution is -2.33. The molecule has 1 aliphatic heterocycles. The van der Waals surface area contributed by atoms with E-state index in [4.69, 9.17) is 0 Å². The molecule has 0 bridgehead atoms. The summed E-state index contributed by atoms with van der Waals surface area (Å²) in [4.78, 5) is 4.04. The highest BCUT2D eigenvalue weighted by Gasteiger charge is 2.13. The highest BCUT2D eigenvalue weighted by molar-refractivity contribution is 8.12. The molecule has 0 saturated carbocycles. The van der Waals surface area contributed by atoms with E-state index in [2.05, 4.69) is 24.2 Å². The van der Waals surface area contributed by atoms with Crippen LogP contribution in [0.1, 0.15) is 13.8 Å². The van der Waals surface area contributed by atoms with E-state index < -0.39 is 0 Å². The summed E-state index contributed by atoms with van der Waals surface area (Å²) >= 11 is 1.77. The van der Waals surface area contributed by atoms with Gasteiger partial charge in [0.1, 0.15) is 0 Å². The molecule has 0 radical (unpaired) electrons. The Hall–Kier alpha value is -0.0200. The van der Waals surface area contributed by atoms with E-state index in [0.717, 1.165) is 6.67 Å². The number of nitrogens with one attached hydrogen (secondary N) is 1. The van der Waals surface area contributed by atoms with Crippen molar-refractivity contribution in [1.29, 1.82) is 0 Å². The molecule has 1 unspecified atom stereocenters. The van der Waals surface area contributed by atoms with Gasteiger partial charge < -0.3 is 0 Å². The molecule has 1 aliphatic rings. The maximum Gasteiger partial charge on any atom is 0.0899 e. The average molecular weight is 144 g/mol. The van der Waals surface area contributed by atoms with Gasteiger partial charge in [-0.15, -0.1) is 0 Å². The number of thioether (sulfide) groups is 1. The first-order valence-electron chi connectivity index (χ1n) is 3.18. The molecule has 0 amide bonds. The fourth-order valence-electron chi connectivity index (χ4n) is 0.729. The predicted octanol–water partition coefficient (Wildman–Crippen LogP) is 1.29. The third kappa shape index (κ3) is 1.99. The second-order valence-electron chi connectivity index (χ2n) is 2.45. The number of aliphatic imine (C=N–C) groups is 1. The van der Waals surface area contributed by atoms with Gasteiger partial charge in [0.2, 0.25) is 0 Å². The Bertz CT molecular complexity index is 112. The molecule has 0 aromatic heterocycles. The first kappa shape index (κ1) is 7.09. The molecular weight excluding hydrogens is 132 g/mol. The molecule has 2 nitrogen and oxygen atoms in total. The molecule has 1 heterocycles. The summed E-state index contributed by atoms with van der Waals surface area (Å²) in [6.45, 7) is 5.21. The number of hydrogen-bond acceptors (Lipinski definition) is 3. The minimum atomic E-state index is 0.572. The van der Waals surface area contributed by atoms with Crippen molar-refractivity contribution in [3.05, 3.63) is 0 Å². The third-order valence-corrected chi connectivity index (χ3v) is 2.55. The van der Waals surface area contributed by atoms with Crippen LogP contribution >= 0.6 is 11.8 Å². The highest BCUT2D eigenvalue weighted by Crippen LogP contribution is 2.16. The third-order valence-electron chi connectivity index (χ3n) is 1.27. The van der Waals surface area contributed by atoms with Crippen molar-refractivity contribution in [1.82, 2.24) is 5.32 Å². The lowest BCUT2D eigenvalue weighted by molar-refractivity contribution is 0.520. The Labute approximate surface area is 60.1 Å². The van der Waals surface area contributed by atoms with E-state index in [1.165, 1.54) is 0 Å². The van der Waals surface area contributed by atoms with Gasteiger partial charge in [-0.2, -0.15) is 0 Å². The van der Waals surface area contributed by atoms with Gasteiger partial charge in [-0.3, -0.25) is 10.3 Å². The van der Waals surface area contributed by atoms with Gasteiger partial charge in [-0.05, 0) is 5.92 Å². The largest absolute Gasteiger partial charge is 0.286 e. The summed E-state index contributed by atoms with van der Waals surface area (Å²) in [6.07, 6.45) is 0. The van der Waals surface area contributed by atoms with Gasteiger partial charge in [0, 0.05) is 0 Å². The number of hydrogen-bond donors (Lipinski definition) is 1. The second-order valence-corrected chi connectivity index (χ2v) is 3.44. The van der Waals surface area contributed by atoms with Crippen LogP contribution in [0.15, 0.2) is 4.99 Å². The maximum atomic E-state index is 4.04. The molecule has 0 saturated heterocycles. The van der Waals surface area contributed by atoms with E-state index in [9.17, 15) is 0 Å². The first-order valence-corrected chi connectivity index (χ1v) is 4.12. The maximum absolute atomic E-state index is 4.04. The van der Waals surface area contributed by atoms with Crippen LogP contribution in [-0.4, -0.2) is 17.6 Å². The van der Waals surface area contributed by atoms with Gasteiger partial charge in [-0.1, -0.05) is 25.6 Å². The molecule has 0 aliphatic carbocycles. The normalized spacial score (nSPS) is 27.2. The van der Waals surface area contributed by atoms with Crippen LogP contribution in [0.5, 0.6) is 0 Å². The molecule has 1 N–H and O–H groups in total. The summed E-state index contributed by atoms with van der Waals surface area (Å²) in [7, 11) is 0. The average Bonchev–Trinajstić information content (AvgIpc) is 1.90. The summed E-state index contributed by atoms with van der Waals surface area (Å²) < 4.78 is 0. The smallest absolute Gasteiger partial charge is 0.0899 e. The lowest BCUT2D eigenvalue weighted by atomic mass is 10.2. The van der Waals surface area contributed by atoms with Crippen molar-refractivity contribution >= 4 is 17.3 Å². The van der Waals surface area contributed by atoms with Crippen molar-refractivity contribution in [3.63, 3.8) is 0 Å². The Kier molecular flexibility index (Phi) is 2.54. The minimum absolute atomic E-state index is 0.572. The van der Waals surface area contributed by atoms with Gasteiger partial charge >= 0.3 is 0 Å². The summed E-state index contributed by atoms with van der Waals surface area (Å²) in [5.74, 6) is 0.696. The van der Waals surface area contributed by atoms with E-state index >= 15 is 0 Å². The topological polar surface area (TPSA) is 24.4 Å². The molecule has 0 aromatic rings. The summed E-state index contributed by atoms with van der Waals surface area (Å²) in [5, 5.41) is 3.86. The van der Waals surface area contributed by atoms with Crippen molar-refractivity contribution in [2.24, 2.45) is 10.9 Å². The van der Waals surface area contributed by atoms with Crippen molar-refractivity contribution in [3.8, 4) is 0 Å². The van der Waals surface area contributed by atoms with E-state index in [0.29, 0.717) is 11.3 Å². The van der Waals surface area contributed by atoms with Crippen molar-refractivity contribution < 1.29 is 0 Å². The SMILES string of the molecule is CC(C)C1NCN=CS1.